The van der Waals surface area contributed by atoms with E-state index in [0.717, 1.165) is 0 Å². The maximum absolute atomic E-state index is 11.6. The van der Waals surface area contributed by atoms with Crippen LogP contribution < -0.4 is 0 Å². The molecule has 7 nitrogen and oxygen atoms in total. The highest BCUT2D eigenvalue weighted by molar-refractivity contribution is 7.52. The Bertz CT molecular complexity index is 443. The Morgan fingerprint density at radius 1 is 1.37 bits per heavy atom. The van der Waals surface area contributed by atoms with E-state index < -0.39 is 15.6 Å². The van der Waals surface area contributed by atoms with E-state index in [0.29, 0.717) is 25.0 Å². The molecule has 0 amide bonds. The number of hydrogen-bond donors (Lipinski definition) is 2. The predicted molar refractivity (Wildman–Crippen MR) is 70.3 cm³/mol. The number of hydrogen-bond acceptors (Lipinski definition) is 5. The summed E-state index contributed by atoms with van der Waals surface area (Å²) in [5, 5.41) is 0. The topological polar surface area (TPSA) is 110 Å². The lowest BCUT2D eigenvalue weighted by Crippen LogP contribution is -2.02. The normalized spacial score (nSPS) is 14.9. The lowest BCUT2D eigenvalue weighted by molar-refractivity contribution is 0.261. The quantitative estimate of drug-likeness (QED) is 0.528. The SMILES string of the molecule is O=[P+](O)CCCCP(=O)(O)OCCc1cnccn1. The summed E-state index contributed by atoms with van der Waals surface area (Å²) < 4.78 is 27.0. The van der Waals surface area contributed by atoms with Gasteiger partial charge in [-0.1, -0.05) is 0 Å². The molecule has 0 aromatic carbocycles. The Morgan fingerprint density at radius 3 is 2.79 bits per heavy atom. The van der Waals surface area contributed by atoms with Crippen LogP contribution in [0, 0.1) is 0 Å². The average Bonchev–Trinajstić information content (AvgIpc) is 2.36. The number of aromatic nitrogens is 2. The molecule has 0 saturated heterocycles. The summed E-state index contributed by atoms with van der Waals surface area (Å²) in [4.78, 5) is 26.0. The number of rotatable bonds is 9. The Kier molecular flexibility index (Phi) is 7.28. The highest BCUT2D eigenvalue weighted by Gasteiger charge is 2.20. The van der Waals surface area contributed by atoms with Crippen molar-refractivity contribution in [2.75, 3.05) is 18.9 Å². The van der Waals surface area contributed by atoms with Crippen molar-refractivity contribution < 1.29 is 23.4 Å². The van der Waals surface area contributed by atoms with Gasteiger partial charge >= 0.3 is 15.6 Å². The summed E-state index contributed by atoms with van der Waals surface area (Å²) in [6.45, 7) is 0.0980. The van der Waals surface area contributed by atoms with E-state index in [1.807, 2.05) is 0 Å². The van der Waals surface area contributed by atoms with Gasteiger partial charge in [0.25, 0.3) is 0 Å². The minimum atomic E-state index is -3.61. The lowest BCUT2D eigenvalue weighted by Gasteiger charge is -2.11. The van der Waals surface area contributed by atoms with Crippen molar-refractivity contribution >= 4 is 15.6 Å². The molecule has 0 aliphatic rings. The lowest BCUT2D eigenvalue weighted by atomic mass is 10.3. The van der Waals surface area contributed by atoms with E-state index in [1.54, 1.807) is 18.6 Å². The zero-order chi connectivity index (χ0) is 14.1. The second-order valence-electron chi connectivity index (χ2n) is 3.92. The first-order valence-corrected chi connectivity index (χ1v) is 9.00. The van der Waals surface area contributed by atoms with Crippen molar-refractivity contribution in [2.45, 2.75) is 19.3 Å². The first-order chi connectivity index (χ1) is 8.99. The van der Waals surface area contributed by atoms with Gasteiger partial charge in [0.1, 0.15) is 0 Å². The third-order valence-corrected chi connectivity index (χ3v) is 4.47. The average molecular weight is 307 g/mol. The fourth-order valence-corrected chi connectivity index (χ4v) is 3.00. The van der Waals surface area contributed by atoms with Crippen LogP contribution in [-0.2, 0) is 20.1 Å². The summed E-state index contributed by atoms with van der Waals surface area (Å²) in [6, 6.07) is 0. The van der Waals surface area contributed by atoms with Crippen molar-refractivity contribution in [1.29, 1.82) is 0 Å². The molecular weight excluding hydrogens is 290 g/mol. The van der Waals surface area contributed by atoms with Crippen LogP contribution in [0.15, 0.2) is 18.6 Å². The van der Waals surface area contributed by atoms with Crippen LogP contribution in [0.5, 0.6) is 0 Å². The van der Waals surface area contributed by atoms with E-state index >= 15 is 0 Å². The Balaban J connectivity index is 2.19. The molecule has 19 heavy (non-hydrogen) atoms. The van der Waals surface area contributed by atoms with E-state index in [4.69, 9.17) is 9.42 Å². The molecule has 1 heterocycles. The van der Waals surface area contributed by atoms with E-state index in [1.165, 1.54) is 0 Å². The molecule has 1 rings (SSSR count). The van der Waals surface area contributed by atoms with Crippen molar-refractivity contribution in [1.82, 2.24) is 9.97 Å². The van der Waals surface area contributed by atoms with Gasteiger partial charge in [0.05, 0.1) is 18.5 Å². The van der Waals surface area contributed by atoms with Crippen molar-refractivity contribution in [3.05, 3.63) is 24.3 Å². The summed E-state index contributed by atoms with van der Waals surface area (Å²) in [5.74, 6) is 0. The van der Waals surface area contributed by atoms with Gasteiger partial charge in [-0.15, -0.1) is 0 Å². The first kappa shape index (κ1) is 16.3. The van der Waals surface area contributed by atoms with Gasteiger partial charge in [-0.2, -0.15) is 4.89 Å². The highest BCUT2D eigenvalue weighted by Crippen LogP contribution is 2.42. The standard InChI is InChI=1S/C10H16N2O5P2/c13-18(14)7-1-2-8-19(15,16)17-6-3-10-9-11-4-5-12-10/h4-5,9H,1-3,6-8H2,(H-,13,14,15,16)/p+1. The first-order valence-electron chi connectivity index (χ1n) is 5.84. The van der Waals surface area contributed by atoms with Crippen LogP contribution in [0.2, 0.25) is 0 Å². The zero-order valence-electron chi connectivity index (χ0n) is 10.4. The minimum Gasteiger partial charge on any atom is -0.324 e. The van der Waals surface area contributed by atoms with Crippen LogP contribution in [-0.4, -0.2) is 38.7 Å². The Hall–Kier alpha value is -0.710. The van der Waals surface area contributed by atoms with Crippen molar-refractivity contribution in [2.24, 2.45) is 0 Å². The number of unbranched alkanes of at least 4 members (excludes halogenated alkanes) is 1. The van der Waals surface area contributed by atoms with E-state index in [2.05, 4.69) is 9.97 Å². The molecule has 0 spiro atoms. The Morgan fingerprint density at radius 2 is 2.16 bits per heavy atom. The van der Waals surface area contributed by atoms with Crippen molar-refractivity contribution in [3.8, 4) is 0 Å². The van der Waals surface area contributed by atoms with Crippen molar-refractivity contribution in [3.63, 3.8) is 0 Å². The van der Waals surface area contributed by atoms with Crippen LogP contribution in [0.4, 0.5) is 0 Å². The minimum absolute atomic E-state index is 0.00333. The predicted octanol–water partition coefficient (Wildman–Crippen LogP) is 1.74. The third kappa shape index (κ3) is 8.14. The summed E-state index contributed by atoms with van der Waals surface area (Å²) >= 11 is 0. The molecule has 9 heteroatoms. The van der Waals surface area contributed by atoms with Crippen LogP contribution >= 0.6 is 15.6 Å². The monoisotopic (exact) mass is 307 g/mol. The largest absolute Gasteiger partial charge is 0.505 e. The van der Waals surface area contributed by atoms with Gasteiger partial charge in [0.15, 0.2) is 6.16 Å². The molecule has 2 atom stereocenters. The maximum Gasteiger partial charge on any atom is 0.505 e. The maximum atomic E-state index is 11.6. The van der Waals surface area contributed by atoms with Crippen LogP contribution in [0.3, 0.4) is 0 Å². The van der Waals surface area contributed by atoms with Gasteiger partial charge < -0.3 is 9.42 Å². The summed E-state index contributed by atoms with van der Waals surface area (Å²) in [6.07, 6.45) is 6.05. The Labute approximate surface area is 112 Å². The second-order valence-corrected chi connectivity index (χ2v) is 7.06. The molecule has 2 unspecified atom stereocenters. The molecule has 0 aliphatic heterocycles. The molecule has 106 valence electrons. The molecule has 1 aromatic heterocycles. The molecule has 1 aromatic rings. The van der Waals surface area contributed by atoms with Gasteiger partial charge in [-0.25, -0.2) is 0 Å². The van der Waals surface area contributed by atoms with Crippen LogP contribution in [0.25, 0.3) is 0 Å². The molecule has 0 saturated carbocycles. The van der Waals surface area contributed by atoms with Gasteiger partial charge in [-0.3, -0.25) is 14.5 Å². The van der Waals surface area contributed by atoms with Gasteiger partial charge in [0.2, 0.25) is 0 Å². The number of nitrogens with zero attached hydrogens (tertiary/aromatic N) is 2. The molecule has 2 N–H and O–H groups in total. The van der Waals surface area contributed by atoms with Gasteiger partial charge in [0, 0.05) is 25.0 Å². The fraction of sp³-hybridized carbons (Fsp3) is 0.600. The molecule has 0 aliphatic carbocycles. The summed E-state index contributed by atoms with van der Waals surface area (Å²) in [7, 11) is -5.78. The molecule has 0 fully saturated rings. The molecular formula is C10H17N2O5P2+. The highest BCUT2D eigenvalue weighted by atomic mass is 31.2. The van der Waals surface area contributed by atoms with E-state index in [9.17, 15) is 14.0 Å². The van der Waals surface area contributed by atoms with Crippen LogP contribution in [0.1, 0.15) is 18.5 Å². The summed E-state index contributed by atoms with van der Waals surface area (Å²) in [5.41, 5.74) is 0.694. The fourth-order valence-electron chi connectivity index (χ4n) is 1.38. The smallest absolute Gasteiger partial charge is 0.324 e. The molecule has 0 bridgehead atoms. The third-order valence-electron chi connectivity index (χ3n) is 2.31. The molecule has 0 radical (unpaired) electrons. The van der Waals surface area contributed by atoms with E-state index in [-0.39, 0.29) is 18.9 Å². The zero-order valence-corrected chi connectivity index (χ0v) is 12.2. The van der Waals surface area contributed by atoms with Gasteiger partial charge in [-0.05, 0) is 17.4 Å². The second kappa shape index (κ2) is 8.46.